The molecule has 1 aromatic heterocycles. The molecule has 0 radical (unpaired) electrons. The Labute approximate surface area is 324 Å². The molecular weight excluding hydrogens is 735 g/mol. The molecule has 0 unspecified atom stereocenters. The van der Waals surface area contributed by atoms with Crippen molar-refractivity contribution in [2.45, 2.75) is 123 Å². The number of halogens is 2. The van der Waals surface area contributed by atoms with Gasteiger partial charge >= 0.3 is 12.1 Å². The van der Waals surface area contributed by atoms with Crippen LogP contribution in [0.4, 0.5) is 30.0 Å². The van der Waals surface area contributed by atoms with Crippen molar-refractivity contribution in [3.8, 4) is 0 Å². The third kappa shape index (κ3) is 11.2. The number of fused-ring (bicyclic) bond motifs is 1. The zero-order valence-corrected chi connectivity index (χ0v) is 33.7. The fourth-order valence-electron chi connectivity index (χ4n) is 7.33. The lowest BCUT2D eigenvalue weighted by molar-refractivity contribution is -0.0861. The lowest BCUT2D eigenvalue weighted by atomic mass is 9.85. The monoisotopic (exact) mass is 792 g/mol. The molecule has 5 rings (SSSR count). The Bertz CT molecular complexity index is 1710. The minimum atomic E-state index is -3.45. The largest absolute Gasteiger partial charge is 0.444 e. The van der Waals surface area contributed by atoms with Gasteiger partial charge in [-0.1, -0.05) is 37.5 Å². The minimum absolute atomic E-state index is 0.00306. The van der Waals surface area contributed by atoms with E-state index in [1.807, 2.05) is 17.9 Å². The molecule has 0 saturated carbocycles. The van der Waals surface area contributed by atoms with E-state index in [0.717, 1.165) is 44.1 Å². The number of rotatable bonds is 16. The van der Waals surface area contributed by atoms with Gasteiger partial charge in [-0.3, -0.25) is 9.08 Å². The average molecular weight is 793 g/mol. The summed E-state index contributed by atoms with van der Waals surface area (Å²) >= 11 is 0. The predicted molar refractivity (Wildman–Crippen MR) is 206 cm³/mol. The van der Waals surface area contributed by atoms with Crippen LogP contribution in [0.15, 0.2) is 30.6 Å². The van der Waals surface area contributed by atoms with Crippen molar-refractivity contribution in [3.05, 3.63) is 47.3 Å². The Morgan fingerprint density at radius 1 is 1.04 bits per heavy atom. The maximum absolute atomic E-state index is 16.0. The van der Waals surface area contributed by atoms with E-state index in [1.165, 1.54) is 17.3 Å². The summed E-state index contributed by atoms with van der Waals surface area (Å²) in [5, 5.41) is 3.45. The van der Waals surface area contributed by atoms with Gasteiger partial charge in [0.25, 0.3) is 16.0 Å². The first-order valence-electron chi connectivity index (χ1n) is 19.7. The van der Waals surface area contributed by atoms with E-state index in [4.69, 9.17) is 13.7 Å². The molecule has 55 heavy (non-hydrogen) atoms. The maximum Gasteiger partial charge on any atom is 0.410 e. The van der Waals surface area contributed by atoms with Crippen molar-refractivity contribution in [1.29, 1.82) is 0 Å². The highest BCUT2D eigenvalue weighted by atomic mass is 32.2. The maximum atomic E-state index is 16.0. The van der Waals surface area contributed by atoms with E-state index in [2.05, 4.69) is 15.3 Å². The number of anilines is 2. The number of aromatic nitrogens is 2. The molecule has 1 atom stereocenters. The number of carbonyl (C=O) groups is 2. The smallest absolute Gasteiger partial charge is 0.410 e. The molecule has 1 aromatic carbocycles. The van der Waals surface area contributed by atoms with E-state index in [0.29, 0.717) is 49.9 Å². The Morgan fingerprint density at radius 2 is 1.73 bits per heavy atom. The predicted octanol–water partition coefficient (Wildman–Crippen LogP) is 7.63. The van der Waals surface area contributed by atoms with E-state index >= 15 is 8.78 Å². The normalized spacial score (nSPS) is 18.3. The number of urea groups is 1. The zero-order valence-electron chi connectivity index (χ0n) is 32.9. The molecular formula is C39H58F2N6O7S. The van der Waals surface area contributed by atoms with Gasteiger partial charge in [-0.15, -0.1) is 0 Å². The molecule has 306 valence electrons. The summed E-state index contributed by atoms with van der Waals surface area (Å²) < 4.78 is 71.2. The number of amides is 3. The molecule has 3 aliphatic heterocycles. The van der Waals surface area contributed by atoms with Crippen LogP contribution < -0.4 is 10.2 Å². The van der Waals surface area contributed by atoms with Crippen molar-refractivity contribution in [2.24, 2.45) is 5.92 Å². The number of hydrogen-bond donors (Lipinski definition) is 1. The first-order valence-corrected chi connectivity index (χ1v) is 21.3. The van der Waals surface area contributed by atoms with Crippen LogP contribution in [0.3, 0.4) is 0 Å². The number of nitrogens with one attached hydrogen (secondary N) is 1. The lowest BCUT2D eigenvalue weighted by Crippen LogP contribution is -2.53. The second-order valence-electron chi connectivity index (χ2n) is 15.7. The van der Waals surface area contributed by atoms with Gasteiger partial charge in [-0.05, 0) is 84.8 Å². The van der Waals surface area contributed by atoms with Crippen LogP contribution in [0.2, 0.25) is 0 Å². The van der Waals surface area contributed by atoms with Gasteiger partial charge in [0.05, 0.1) is 24.5 Å². The second kappa shape index (κ2) is 18.5. The zero-order chi connectivity index (χ0) is 39.8. The van der Waals surface area contributed by atoms with Crippen LogP contribution in [-0.4, -0.2) is 97.2 Å². The van der Waals surface area contributed by atoms with Crippen molar-refractivity contribution in [3.63, 3.8) is 0 Å². The molecule has 0 aliphatic carbocycles. The van der Waals surface area contributed by atoms with Gasteiger partial charge < -0.3 is 24.6 Å². The number of piperidine rings is 1. The van der Waals surface area contributed by atoms with Gasteiger partial charge in [0.2, 0.25) is 0 Å². The highest BCUT2D eigenvalue weighted by Crippen LogP contribution is 2.43. The van der Waals surface area contributed by atoms with Gasteiger partial charge in [0.1, 0.15) is 23.6 Å². The Kier molecular flexibility index (Phi) is 14.3. The van der Waals surface area contributed by atoms with E-state index in [-0.39, 0.29) is 55.9 Å². The van der Waals surface area contributed by atoms with Gasteiger partial charge in [-0.25, -0.2) is 28.3 Å². The molecule has 0 spiro atoms. The van der Waals surface area contributed by atoms with Crippen LogP contribution in [0, 0.1) is 5.92 Å². The molecule has 2 fully saturated rings. The third-order valence-corrected chi connectivity index (χ3v) is 11.8. The quantitative estimate of drug-likeness (QED) is 0.133. The molecule has 3 amide bonds. The SMILES string of the molecule is CCS(=O)(=O)OCCCCCCCN1C(=O)N(C2CCOCC2)Cc2c(N[C@H](C)c3cccc(C(F)(F)C4CCN(C(=O)OC(C)(C)C)CC4)c3)ncnc21. The minimum Gasteiger partial charge on any atom is -0.444 e. The second-order valence-corrected chi connectivity index (χ2v) is 17.7. The van der Waals surface area contributed by atoms with Crippen molar-refractivity contribution < 1.29 is 40.4 Å². The summed E-state index contributed by atoms with van der Waals surface area (Å²) in [5.74, 6) is -2.99. The molecule has 13 nitrogen and oxygen atoms in total. The van der Waals surface area contributed by atoms with Crippen LogP contribution in [0.1, 0.15) is 115 Å². The number of unbranched alkanes of at least 4 members (excludes halogenated alkanes) is 4. The third-order valence-electron chi connectivity index (χ3n) is 10.5. The molecule has 3 aliphatic rings. The first kappa shape index (κ1) is 42.5. The number of likely N-dealkylation sites (tertiary alicyclic amines) is 1. The van der Waals surface area contributed by atoms with Gasteiger partial charge in [-0.2, -0.15) is 8.42 Å². The van der Waals surface area contributed by atoms with Crippen molar-refractivity contribution >= 4 is 33.9 Å². The number of nitrogens with zero attached hydrogens (tertiary/aromatic N) is 5. The summed E-state index contributed by atoms with van der Waals surface area (Å²) in [4.78, 5) is 40.8. The standard InChI is InChI=1S/C39H58F2N6O7S/c1-6-55(50,51)53-22-11-9-7-8-10-19-46-35-33(26-47(36(46)48)32-17-23-52-24-18-32)34(42-27-43-35)44-28(2)29-13-12-14-31(25-29)39(40,41)30-15-20-45(21-16-30)37(49)54-38(3,4)5/h12-14,25,27-28,30,32H,6-11,15-24,26H2,1-5H3,(H,42,43,44)/t28-/m1/s1. The Balaban J connectivity index is 1.26. The van der Waals surface area contributed by atoms with Gasteiger partial charge in [0.15, 0.2) is 0 Å². The Hall–Kier alpha value is -3.63. The highest BCUT2D eigenvalue weighted by molar-refractivity contribution is 7.86. The van der Waals surface area contributed by atoms with Crippen LogP contribution in [0.5, 0.6) is 0 Å². The molecule has 4 heterocycles. The number of alkyl halides is 2. The summed E-state index contributed by atoms with van der Waals surface area (Å²) in [6.45, 7) is 11.3. The van der Waals surface area contributed by atoms with E-state index in [9.17, 15) is 18.0 Å². The Morgan fingerprint density at radius 3 is 2.42 bits per heavy atom. The van der Waals surface area contributed by atoms with Crippen LogP contribution in [0.25, 0.3) is 0 Å². The number of ether oxygens (including phenoxy) is 2. The number of hydrogen-bond acceptors (Lipinski definition) is 10. The molecule has 2 aromatic rings. The summed E-state index contributed by atoms with van der Waals surface area (Å²) in [6, 6.07) is 5.96. The molecule has 1 N–H and O–H groups in total. The average Bonchev–Trinajstić information content (AvgIpc) is 3.16. The lowest BCUT2D eigenvalue weighted by Gasteiger charge is -2.42. The topological polar surface area (TPSA) is 144 Å². The number of carbonyl (C=O) groups excluding carboxylic acids is 2. The fourth-order valence-corrected chi connectivity index (χ4v) is 7.87. The molecule has 16 heteroatoms. The summed E-state index contributed by atoms with van der Waals surface area (Å²) in [7, 11) is -3.45. The fraction of sp³-hybridized carbons (Fsp3) is 0.692. The van der Waals surface area contributed by atoms with Gasteiger partial charge in [0, 0.05) is 56.4 Å². The summed E-state index contributed by atoms with van der Waals surface area (Å²) in [6.07, 6.45) is 6.60. The molecule has 0 bridgehead atoms. The molecule has 2 saturated heterocycles. The number of benzene rings is 1. The van der Waals surface area contributed by atoms with Crippen molar-refractivity contribution in [1.82, 2.24) is 19.8 Å². The first-order chi connectivity index (χ1) is 26.1. The van der Waals surface area contributed by atoms with E-state index in [1.54, 1.807) is 44.7 Å². The summed E-state index contributed by atoms with van der Waals surface area (Å²) in [5.41, 5.74) is 0.712. The van der Waals surface area contributed by atoms with E-state index < -0.39 is 39.7 Å². The van der Waals surface area contributed by atoms with Crippen molar-refractivity contribution in [2.75, 3.05) is 55.4 Å². The van der Waals surface area contributed by atoms with Crippen LogP contribution in [-0.2, 0) is 36.2 Å². The van der Waals surface area contributed by atoms with Crippen LogP contribution >= 0.6 is 0 Å². The highest BCUT2D eigenvalue weighted by Gasteiger charge is 2.44.